The standard InChI is InChI=1S/C24H29N5O/c30-21(24(11-4-5-12-24)28-19-8-2-1-3-9-19)15-18-7-6-14-29(16-18)23-20-10-13-25-22(20)26-17-27-23/h1-3,8-10,13,17-18,28H,4-7,11-12,14-16H2,(H,25,26,27)/t18-/m0/s1. The molecule has 3 heterocycles. The van der Waals surface area contributed by atoms with Crippen molar-refractivity contribution in [1.29, 1.82) is 0 Å². The highest BCUT2D eigenvalue weighted by molar-refractivity contribution is 5.92. The van der Waals surface area contributed by atoms with E-state index in [-0.39, 0.29) is 0 Å². The van der Waals surface area contributed by atoms with E-state index in [0.717, 1.165) is 74.2 Å². The van der Waals surface area contributed by atoms with Crippen LogP contribution in [0.25, 0.3) is 11.0 Å². The molecular formula is C24H29N5O. The van der Waals surface area contributed by atoms with Crippen molar-refractivity contribution in [2.24, 2.45) is 5.92 Å². The maximum Gasteiger partial charge on any atom is 0.158 e. The molecule has 1 atom stereocenters. The summed E-state index contributed by atoms with van der Waals surface area (Å²) in [6.45, 7) is 1.86. The molecule has 30 heavy (non-hydrogen) atoms. The molecule has 5 rings (SSSR count). The van der Waals surface area contributed by atoms with Crippen LogP contribution in [0.5, 0.6) is 0 Å². The van der Waals surface area contributed by atoms with Crippen molar-refractivity contribution in [2.75, 3.05) is 23.3 Å². The Hall–Kier alpha value is -2.89. The van der Waals surface area contributed by atoms with Crippen molar-refractivity contribution < 1.29 is 4.79 Å². The van der Waals surface area contributed by atoms with Crippen LogP contribution in [0, 0.1) is 5.92 Å². The summed E-state index contributed by atoms with van der Waals surface area (Å²) >= 11 is 0. The number of carbonyl (C=O) groups is 1. The quantitative estimate of drug-likeness (QED) is 0.631. The van der Waals surface area contributed by atoms with Gasteiger partial charge < -0.3 is 15.2 Å². The van der Waals surface area contributed by atoms with Crippen LogP contribution in [0.3, 0.4) is 0 Å². The lowest BCUT2D eigenvalue weighted by Gasteiger charge is -2.36. The second-order valence-electron chi connectivity index (χ2n) is 8.80. The lowest BCUT2D eigenvalue weighted by atomic mass is 9.83. The molecule has 1 aliphatic carbocycles. The van der Waals surface area contributed by atoms with Crippen molar-refractivity contribution in [1.82, 2.24) is 15.0 Å². The number of fused-ring (bicyclic) bond motifs is 1. The summed E-state index contributed by atoms with van der Waals surface area (Å²) in [7, 11) is 0. The molecule has 1 saturated carbocycles. The molecule has 3 aromatic rings. The minimum absolute atomic E-state index is 0.366. The molecule has 6 heteroatoms. The maximum atomic E-state index is 13.5. The van der Waals surface area contributed by atoms with Crippen LogP contribution in [0.1, 0.15) is 44.9 Å². The van der Waals surface area contributed by atoms with E-state index in [2.05, 4.69) is 37.3 Å². The third-order valence-corrected chi connectivity index (χ3v) is 6.77. The van der Waals surface area contributed by atoms with E-state index in [0.29, 0.717) is 18.1 Å². The zero-order chi connectivity index (χ0) is 20.4. The monoisotopic (exact) mass is 403 g/mol. The average Bonchev–Trinajstić information content (AvgIpc) is 3.45. The van der Waals surface area contributed by atoms with E-state index in [1.807, 2.05) is 30.5 Å². The second kappa shape index (κ2) is 8.09. The molecular weight excluding hydrogens is 374 g/mol. The van der Waals surface area contributed by atoms with Gasteiger partial charge in [0.15, 0.2) is 5.78 Å². The highest BCUT2D eigenvalue weighted by Crippen LogP contribution is 2.37. The van der Waals surface area contributed by atoms with E-state index < -0.39 is 5.54 Å². The van der Waals surface area contributed by atoms with Gasteiger partial charge in [-0.1, -0.05) is 31.0 Å². The van der Waals surface area contributed by atoms with Gasteiger partial charge >= 0.3 is 0 Å². The van der Waals surface area contributed by atoms with Gasteiger partial charge in [0.25, 0.3) is 0 Å². The highest BCUT2D eigenvalue weighted by atomic mass is 16.1. The molecule has 1 saturated heterocycles. The minimum atomic E-state index is -0.396. The fourth-order valence-electron chi connectivity index (χ4n) is 5.24. The van der Waals surface area contributed by atoms with Crippen molar-refractivity contribution in [3.05, 3.63) is 48.9 Å². The number of carbonyl (C=O) groups excluding carboxylic acids is 1. The average molecular weight is 404 g/mol. The highest BCUT2D eigenvalue weighted by Gasteiger charge is 2.41. The largest absolute Gasteiger partial charge is 0.373 e. The fourth-order valence-corrected chi connectivity index (χ4v) is 5.24. The van der Waals surface area contributed by atoms with Crippen molar-refractivity contribution in [2.45, 2.75) is 50.5 Å². The third kappa shape index (κ3) is 3.66. The van der Waals surface area contributed by atoms with E-state index in [1.165, 1.54) is 0 Å². The van der Waals surface area contributed by atoms with Crippen LogP contribution in [-0.4, -0.2) is 39.4 Å². The zero-order valence-corrected chi connectivity index (χ0v) is 17.3. The van der Waals surface area contributed by atoms with Crippen LogP contribution in [-0.2, 0) is 4.79 Å². The molecule has 0 spiro atoms. The SMILES string of the molecule is O=C(C[C@@H]1CCCN(c2ncnc3[nH]ccc23)C1)C1(Nc2ccccc2)CCCC1. The minimum Gasteiger partial charge on any atom is -0.373 e. The van der Waals surface area contributed by atoms with Gasteiger partial charge in [-0.25, -0.2) is 9.97 Å². The molecule has 156 valence electrons. The summed E-state index contributed by atoms with van der Waals surface area (Å²) in [6, 6.07) is 12.2. The smallest absolute Gasteiger partial charge is 0.158 e. The van der Waals surface area contributed by atoms with E-state index in [9.17, 15) is 4.79 Å². The number of para-hydroxylation sites is 1. The number of anilines is 2. The van der Waals surface area contributed by atoms with Crippen LogP contribution in [0.2, 0.25) is 0 Å². The number of hydrogen-bond donors (Lipinski definition) is 2. The molecule has 0 bridgehead atoms. The summed E-state index contributed by atoms with van der Waals surface area (Å²) in [5.41, 5.74) is 1.52. The Morgan fingerprint density at radius 1 is 1.13 bits per heavy atom. The Balaban J connectivity index is 1.31. The van der Waals surface area contributed by atoms with Gasteiger partial charge in [-0.2, -0.15) is 0 Å². The normalized spacial score (nSPS) is 21.1. The Morgan fingerprint density at radius 2 is 1.97 bits per heavy atom. The predicted octanol–water partition coefficient (Wildman–Crippen LogP) is 4.56. The predicted molar refractivity (Wildman–Crippen MR) is 120 cm³/mol. The maximum absolute atomic E-state index is 13.5. The van der Waals surface area contributed by atoms with Gasteiger partial charge in [-0.3, -0.25) is 4.79 Å². The first-order valence-corrected chi connectivity index (χ1v) is 11.1. The second-order valence-corrected chi connectivity index (χ2v) is 8.80. The number of hydrogen-bond acceptors (Lipinski definition) is 5. The van der Waals surface area contributed by atoms with E-state index >= 15 is 0 Å². The number of ketones is 1. The van der Waals surface area contributed by atoms with Gasteiger partial charge in [-0.05, 0) is 49.8 Å². The van der Waals surface area contributed by atoms with Crippen LogP contribution < -0.4 is 10.2 Å². The lowest BCUT2D eigenvalue weighted by molar-refractivity contribution is -0.124. The van der Waals surface area contributed by atoms with Crippen molar-refractivity contribution in [3.8, 4) is 0 Å². The number of benzene rings is 1. The topological polar surface area (TPSA) is 73.9 Å². The number of Topliss-reactive ketones (excluding diaryl/α,β-unsaturated/α-hetero) is 1. The number of piperidine rings is 1. The molecule has 0 amide bonds. The van der Waals surface area contributed by atoms with Gasteiger partial charge in [0.05, 0.1) is 10.9 Å². The first-order chi connectivity index (χ1) is 14.7. The molecule has 2 N–H and O–H groups in total. The fraction of sp³-hybridized carbons (Fsp3) is 0.458. The molecule has 1 aliphatic heterocycles. The summed E-state index contributed by atoms with van der Waals surface area (Å²) < 4.78 is 0. The molecule has 1 aromatic carbocycles. The molecule has 2 aromatic heterocycles. The van der Waals surface area contributed by atoms with Gasteiger partial charge in [-0.15, -0.1) is 0 Å². The summed E-state index contributed by atoms with van der Waals surface area (Å²) in [5, 5.41) is 4.68. The van der Waals surface area contributed by atoms with Crippen LogP contribution >= 0.6 is 0 Å². The molecule has 0 radical (unpaired) electrons. The number of H-pyrrole nitrogens is 1. The van der Waals surface area contributed by atoms with Crippen molar-refractivity contribution in [3.63, 3.8) is 0 Å². The first kappa shape index (κ1) is 19.1. The van der Waals surface area contributed by atoms with Gasteiger partial charge in [0.1, 0.15) is 17.8 Å². The first-order valence-electron chi connectivity index (χ1n) is 11.1. The van der Waals surface area contributed by atoms with Gasteiger partial charge in [0, 0.05) is 31.4 Å². The Morgan fingerprint density at radius 3 is 2.80 bits per heavy atom. The van der Waals surface area contributed by atoms with Crippen LogP contribution in [0.15, 0.2) is 48.9 Å². The van der Waals surface area contributed by atoms with Crippen LogP contribution in [0.4, 0.5) is 11.5 Å². The van der Waals surface area contributed by atoms with E-state index in [4.69, 9.17) is 0 Å². The number of aromatic amines is 1. The molecule has 0 unspecified atom stereocenters. The molecule has 2 aliphatic rings. The number of aromatic nitrogens is 3. The number of rotatable bonds is 6. The molecule has 6 nitrogen and oxygen atoms in total. The summed E-state index contributed by atoms with van der Waals surface area (Å²) in [5.74, 6) is 1.73. The number of nitrogens with zero attached hydrogens (tertiary/aromatic N) is 3. The van der Waals surface area contributed by atoms with Crippen molar-refractivity contribution >= 4 is 28.3 Å². The Kier molecular flexibility index (Phi) is 5.15. The Bertz CT molecular complexity index is 1010. The number of nitrogens with one attached hydrogen (secondary N) is 2. The third-order valence-electron chi connectivity index (χ3n) is 6.77. The summed E-state index contributed by atoms with van der Waals surface area (Å²) in [4.78, 5) is 27.9. The Labute approximate surface area is 177 Å². The molecule has 2 fully saturated rings. The summed E-state index contributed by atoms with van der Waals surface area (Å²) in [6.07, 6.45) is 10.5. The van der Waals surface area contributed by atoms with E-state index in [1.54, 1.807) is 6.33 Å². The lowest BCUT2D eigenvalue weighted by Crippen LogP contribution is -2.46. The van der Waals surface area contributed by atoms with Gasteiger partial charge in [0.2, 0.25) is 0 Å². The zero-order valence-electron chi connectivity index (χ0n) is 17.3.